The maximum absolute atomic E-state index is 5.73. The molecular formula is C13H10N6OS2. The van der Waals surface area contributed by atoms with Gasteiger partial charge in [0.15, 0.2) is 0 Å². The van der Waals surface area contributed by atoms with Crippen molar-refractivity contribution < 1.29 is 4.42 Å². The number of hydrogen-bond donors (Lipinski definition) is 0. The molecule has 4 rings (SSSR count). The second kappa shape index (κ2) is 5.50. The molecule has 110 valence electrons. The van der Waals surface area contributed by atoms with Crippen molar-refractivity contribution in [1.29, 1.82) is 0 Å². The molecule has 0 aliphatic rings. The van der Waals surface area contributed by atoms with Crippen molar-refractivity contribution in [3.05, 3.63) is 41.9 Å². The Morgan fingerprint density at radius 3 is 3.09 bits per heavy atom. The lowest BCUT2D eigenvalue weighted by molar-refractivity contribution is 0.510. The topological polar surface area (TPSA) is 82.0 Å². The molecule has 9 heteroatoms. The summed E-state index contributed by atoms with van der Waals surface area (Å²) in [5, 5.41) is 15.1. The fraction of sp³-hybridized carbons (Fsp3) is 0.154. The molecule has 0 aliphatic heterocycles. The number of aromatic nitrogens is 6. The summed E-state index contributed by atoms with van der Waals surface area (Å²) in [7, 11) is 0. The second-order valence-electron chi connectivity index (χ2n) is 4.44. The first-order valence-corrected chi connectivity index (χ1v) is 8.27. The zero-order valence-corrected chi connectivity index (χ0v) is 13.1. The van der Waals surface area contributed by atoms with E-state index in [0.29, 0.717) is 22.7 Å². The third-order valence-corrected chi connectivity index (χ3v) is 4.70. The van der Waals surface area contributed by atoms with Gasteiger partial charge in [-0.1, -0.05) is 17.8 Å². The summed E-state index contributed by atoms with van der Waals surface area (Å²) in [4.78, 5) is 9.46. The highest BCUT2D eigenvalue weighted by atomic mass is 32.2. The molecule has 1 atom stereocenters. The van der Waals surface area contributed by atoms with Crippen LogP contribution >= 0.6 is 23.1 Å². The summed E-state index contributed by atoms with van der Waals surface area (Å²) in [6, 6.07) is 5.72. The first kappa shape index (κ1) is 13.4. The summed E-state index contributed by atoms with van der Waals surface area (Å²) in [6.45, 7) is 1.98. The SMILES string of the molecule is CC(Sc1nc2ncccn2n1)c1nnc(-c2cccs2)o1. The Bertz CT molecular complexity index is 867. The number of rotatable bonds is 4. The minimum absolute atomic E-state index is 0.0429. The van der Waals surface area contributed by atoms with Gasteiger partial charge in [-0.25, -0.2) is 9.50 Å². The van der Waals surface area contributed by atoms with Crippen LogP contribution in [0, 0.1) is 0 Å². The van der Waals surface area contributed by atoms with E-state index in [4.69, 9.17) is 4.42 Å². The number of nitrogens with zero attached hydrogens (tertiary/aromatic N) is 6. The Hall–Kier alpha value is -2.26. The molecular weight excluding hydrogens is 320 g/mol. The van der Waals surface area contributed by atoms with Gasteiger partial charge in [-0.05, 0) is 24.4 Å². The van der Waals surface area contributed by atoms with Crippen molar-refractivity contribution in [2.45, 2.75) is 17.3 Å². The van der Waals surface area contributed by atoms with E-state index in [2.05, 4.69) is 25.3 Å². The van der Waals surface area contributed by atoms with Crippen LogP contribution in [0.15, 0.2) is 45.5 Å². The zero-order chi connectivity index (χ0) is 14.9. The van der Waals surface area contributed by atoms with E-state index in [1.54, 1.807) is 22.0 Å². The van der Waals surface area contributed by atoms with Crippen LogP contribution in [0.2, 0.25) is 0 Å². The van der Waals surface area contributed by atoms with Crippen molar-refractivity contribution >= 4 is 28.9 Å². The van der Waals surface area contributed by atoms with Crippen molar-refractivity contribution in [3.63, 3.8) is 0 Å². The van der Waals surface area contributed by atoms with E-state index < -0.39 is 0 Å². The van der Waals surface area contributed by atoms with Gasteiger partial charge >= 0.3 is 0 Å². The van der Waals surface area contributed by atoms with Crippen LogP contribution < -0.4 is 0 Å². The maximum atomic E-state index is 5.73. The Kier molecular flexibility index (Phi) is 3.35. The molecule has 0 saturated carbocycles. The summed E-state index contributed by atoms with van der Waals surface area (Å²) in [5.74, 6) is 1.67. The molecule has 0 aromatic carbocycles. The molecule has 1 unspecified atom stereocenters. The smallest absolute Gasteiger partial charge is 0.257 e. The van der Waals surface area contributed by atoms with Gasteiger partial charge in [-0.2, -0.15) is 4.98 Å². The van der Waals surface area contributed by atoms with E-state index in [0.717, 1.165) is 4.88 Å². The molecule has 0 aliphatic carbocycles. The summed E-state index contributed by atoms with van der Waals surface area (Å²) in [6.07, 6.45) is 3.50. The van der Waals surface area contributed by atoms with Crippen LogP contribution in [-0.4, -0.2) is 29.8 Å². The third-order valence-electron chi connectivity index (χ3n) is 2.90. The van der Waals surface area contributed by atoms with Crippen LogP contribution in [0.3, 0.4) is 0 Å². The zero-order valence-electron chi connectivity index (χ0n) is 11.4. The van der Waals surface area contributed by atoms with Crippen molar-refractivity contribution in [3.8, 4) is 10.8 Å². The Morgan fingerprint density at radius 2 is 2.27 bits per heavy atom. The fourth-order valence-electron chi connectivity index (χ4n) is 1.87. The largest absolute Gasteiger partial charge is 0.419 e. The van der Waals surface area contributed by atoms with Crippen LogP contribution in [0.25, 0.3) is 16.5 Å². The van der Waals surface area contributed by atoms with Gasteiger partial charge < -0.3 is 4.42 Å². The quantitative estimate of drug-likeness (QED) is 0.532. The molecule has 0 bridgehead atoms. The molecule has 4 heterocycles. The summed E-state index contributed by atoms with van der Waals surface area (Å²) >= 11 is 3.03. The van der Waals surface area contributed by atoms with Crippen molar-refractivity contribution in [1.82, 2.24) is 29.8 Å². The van der Waals surface area contributed by atoms with Gasteiger partial charge in [-0.15, -0.1) is 26.6 Å². The standard InChI is InChI=1S/C13H10N6OS2/c1-8(10-16-17-11(20-10)9-4-2-7-21-9)22-13-15-12-14-5-3-6-19(12)18-13/h2-8H,1H3. The molecule has 7 nitrogen and oxygen atoms in total. The number of hydrogen-bond acceptors (Lipinski definition) is 8. The minimum atomic E-state index is -0.0429. The highest BCUT2D eigenvalue weighted by Crippen LogP contribution is 2.34. The molecule has 0 spiro atoms. The Labute approximate surface area is 133 Å². The van der Waals surface area contributed by atoms with Gasteiger partial charge in [0.05, 0.1) is 10.1 Å². The van der Waals surface area contributed by atoms with Gasteiger partial charge in [0, 0.05) is 12.4 Å². The van der Waals surface area contributed by atoms with E-state index in [-0.39, 0.29) is 5.25 Å². The number of fused-ring (bicyclic) bond motifs is 1. The van der Waals surface area contributed by atoms with Gasteiger partial charge in [0.25, 0.3) is 11.7 Å². The first-order valence-electron chi connectivity index (χ1n) is 6.51. The average Bonchev–Trinajstić information content (AvgIpc) is 3.26. The highest BCUT2D eigenvalue weighted by Gasteiger charge is 2.19. The molecule has 0 fully saturated rings. The highest BCUT2D eigenvalue weighted by molar-refractivity contribution is 7.99. The first-order chi connectivity index (χ1) is 10.8. The molecule has 0 radical (unpaired) electrons. The predicted molar refractivity (Wildman–Crippen MR) is 82.7 cm³/mol. The van der Waals surface area contributed by atoms with Crippen LogP contribution in [0.1, 0.15) is 18.1 Å². The van der Waals surface area contributed by atoms with Gasteiger partial charge in [0.1, 0.15) is 0 Å². The molecule has 0 saturated heterocycles. The molecule has 22 heavy (non-hydrogen) atoms. The van der Waals surface area contributed by atoms with Crippen molar-refractivity contribution in [2.24, 2.45) is 0 Å². The average molecular weight is 330 g/mol. The van der Waals surface area contributed by atoms with Crippen LogP contribution in [0.4, 0.5) is 0 Å². The lowest BCUT2D eigenvalue weighted by Crippen LogP contribution is -1.90. The Morgan fingerprint density at radius 1 is 1.32 bits per heavy atom. The lowest BCUT2D eigenvalue weighted by atomic mass is 10.5. The minimum Gasteiger partial charge on any atom is -0.419 e. The molecule has 4 aromatic heterocycles. The molecule has 0 N–H and O–H groups in total. The van der Waals surface area contributed by atoms with Crippen LogP contribution in [-0.2, 0) is 0 Å². The van der Waals surface area contributed by atoms with E-state index >= 15 is 0 Å². The number of thioether (sulfide) groups is 1. The van der Waals surface area contributed by atoms with Gasteiger partial charge in [0.2, 0.25) is 11.0 Å². The monoisotopic (exact) mass is 330 g/mol. The van der Waals surface area contributed by atoms with E-state index in [9.17, 15) is 0 Å². The predicted octanol–water partition coefficient (Wildman–Crippen LogP) is 3.09. The maximum Gasteiger partial charge on any atom is 0.257 e. The van der Waals surface area contributed by atoms with E-state index in [1.165, 1.54) is 11.8 Å². The van der Waals surface area contributed by atoms with Crippen molar-refractivity contribution in [2.75, 3.05) is 0 Å². The number of thiophene rings is 1. The summed E-state index contributed by atoms with van der Waals surface area (Å²) in [5.41, 5.74) is 0. The molecule has 4 aromatic rings. The summed E-state index contributed by atoms with van der Waals surface area (Å²) < 4.78 is 7.36. The van der Waals surface area contributed by atoms with E-state index in [1.807, 2.05) is 36.7 Å². The third kappa shape index (κ3) is 2.48. The fourth-order valence-corrected chi connectivity index (χ4v) is 3.30. The Balaban J connectivity index is 1.55. The normalized spacial score (nSPS) is 12.8. The second-order valence-corrected chi connectivity index (χ2v) is 6.70. The molecule has 0 amide bonds. The van der Waals surface area contributed by atoms with Gasteiger partial charge in [-0.3, -0.25) is 0 Å². The van der Waals surface area contributed by atoms with Crippen LogP contribution in [0.5, 0.6) is 0 Å². The lowest BCUT2D eigenvalue weighted by Gasteiger charge is -2.01.